The molecule has 6 heteroatoms. The highest BCUT2D eigenvalue weighted by Gasteiger charge is 2.05. The summed E-state index contributed by atoms with van der Waals surface area (Å²) in [4.78, 5) is 15.7. The molecule has 1 aromatic heterocycles. The summed E-state index contributed by atoms with van der Waals surface area (Å²) in [5, 5.41) is 3.11. The first-order valence-corrected chi connectivity index (χ1v) is 7.32. The van der Waals surface area contributed by atoms with E-state index < -0.39 is 0 Å². The molecule has 0 radical (unpaired) electrons. The van der Waals surface area contributed by atoms with Gasteiger partial charge in [0.2, 0.25) is 0 Å². The molecular weight excluding hydrogens is 304 g/mol. The zero-order valence-corrected chi connectivity index (χ0v) is 13.0. The van der Waals surface area contributed by atoms with E-state index in [4.69, 9.17) is 21.1 Å². The van der Waals surface area contributed by atoms with Crippen molar-refractivity contribution in [1.82, 2.24) is 10.3 Å². The van der Waals surface area contributed by atoms with Crippen LogP contribution in [0.5, 0.6) is 11.5 Å². The number of ether oxygens (including phenoxy) is 2. The summed E-state index contributed by atoms with van der Waals surface area (Å²) in [5.41, 5.74) is 0.463. The Morgan fingerprint density at radius 3 is 2.41 bits per heavy atom. The molecule has 0 atom stereocenters. The topological polar surface area (TPSA) is 60.5 Å². The predicted octanol–water partition coefficient (Wildman–Crippen LogP) is 2.94. The van der Waals surface area contributed by atoms with Crippen LogP contribution in [0.2, 0.25) is 5.15 Å². The molecule has 0 aliphatic heterocycles. The van der Waals surface area contributed by atoms with E-state index in [2.05, 4.69) is 10.3 Å². The van der Waals surface area contributed by atoms with Gasteiger partial charge in [0.1, 0.15) is 23.3 Å². The zero-order chi connectivity index (χ0) is 15.8. The molecule has 5 nitrogen and oxygen atoms in total. The number of pyridine rings is 1. The van der Waals surface area contributed by atoms with Gasteiger partial charge in [0.05, 0.1) is 18.7 Å². The van der Waals surface area contributed by atoms with Crippen LogP contribution in [0.4, 0.5) is 0 Å². The molecular formula is C16H17ClN2O3. The van der Waals surface area contributed by atoms with Crippen molar-refractivity contribution in [2.24, 2.45) is 0 Å². The number of halogens is 1. The highest BCUT2D eigenvalue weighted by Crippen LogP contribution is 2.17. The molecule has 1 N–H and O–H groups in total. The first-order chi connectivity index (χ1) is 10.7. The van der Waals surface area contributed by atoms with Crippen LogP contribution in [0, 0.1) is 0 Å². The third-order valence-electron chi connectivity index (χ3n) is 2.78. The Hall–Kier alpha value is -2.27. The number of hydrogen-bond donors (Lipinski definition) is 1. The molecule has 0 saturated heterocycles. The number of carbonyl (C=O) groups is 1. The van der Waals surface area contributed by atoms with Gasteiger partial charge in [0.25, 0.3) is 5.91 Å². The van der Waals surface area contributed by atoms with E-state index in [1.807, 2.05) is 31.2 Å². The standard InChI is InChI=1S/C16H17ClN2O3/c1-2-21-13-4-6-14(7-5-13)22-10-9-18-16(20)12-3-8-15(17)19-11-12/h3-8,11H,2,9-10H2,1H3,(H,18,20). The molecule has 0 bridgehead atoms. The Labute approximate surface area is 134 Å². The average Bonchev–Trinajstić information content (AvgIpc) is 2.54. The number of rotatable bonds is 7. The Balaban J connectivity index is 1.72. The quantitative estimate of drug-likeness (QED) is 0.629. The summed E-state index contributed by atoms with van der Waals surface area (Å²) in [6, 6.07) is 10.5. The monoisotopic (exact) mass is 320 g/mol. The number of aromatic nitrogens is 1. The normalized spacial score (nSPS) is 10.1. The maximum Gasteiger partial charge on any atom is 0.252 e. The van der Waals surface area contributed by atoms with E-state index >= 15 is 0 Å². The van der Waals surface area contributed by atoms with Crippen LogP contribution in [0.1, 0.15) is 17.3 Å². The molecule has 116 valence electrons. The Morgan fingerprint density at radius 2 is 1.82 bits per heavy atom. The number of amides is 1. The molecule has 0 fully saturated rings. The van der Waals surface area contributed by atoms with E-state index in [0.717, 1.165) is 11.5 Å². The lowest BCUT2D eigenvalue weighted by molar-refractivity contribution is 0.0946. The van der Waals surface area contributed by atoms with Crippen molar-refractivity contribution < 1.29 is 14.3 Å². The predicted molar refractivity (Wildman–Crippen MR) is 84.7 cm³/mol. The van der Waals surface area contributed by atoms with Gasteiger partial charge in [0.15, 0.2) is 0 Å². The summed E-state index contributed by atoms with van der Waals surface area (Å²) < 4.78 is 10.9. The van der Waals surface area contributed by atoms with Crippen LogP contribution in [-0.4, -0.2) is 30.6 Å². The van der Waals surface area contributed by atoms with E-state index in [1.165, 1.54) is 6.20 Å². The van der Waals surface area contributed by atoms with Gasteiger partial charge in [-0.15, -0.1) is 0 Å². The minimum Gasteiger partial charge on any atom is -0.494 e. The van der Waals surface area contributed by atoms with Crippen LogP contribution >= 0.6 is 11.6 Å². The van der Waals surface area contributed by atoms with Crippen molar-refractivity contribution in [3.05, 3.63) is 53.3 Å². The van der Waals surface area contributed by atoms with Crippen molar-refractivity contribution in [3.8, 4) is 11.5 Å². The fraction of sp³-hybridized carbons (Fsp3) is 0.250. The summed E-state index contributed by atoms with van der Waals surface area (Å²) in [7, 11) is 0. The zero-order valence-electron chi connectivity index (χ0n) is 12.2. The number of carbonyl (C=O) groups excluding carboxylic acids is 1. The van der Waals surface area contributed by atoms with Gasteiger partial charge in [-0.2, -0.15) is 0 Å². The lowest BCUT2D eigenvalue weighted by Gasteiger charge is -2.09. The smallest absolute Gasteiger partial charge is 0.252 e. The lowest BCUT2D eigenvalue weighted by Crippen LogP contribution is -2.28. The summed E-state index contributed by atoms with van der Waals surface area (Å²) in [5.74, 6) is 1.32. The van der Waals surface area contributed by atoms with E-state index in [9.17, 15) is 4.79 Å². The van der Waals surface area contributed by atoms with Gasteiger partial charge in [-0.1, -0.05) is 11.6 Å². The number of benzene rings is 1. The number of nitrogens with zero attached hydrogens (tertiary/aromatic N) is 1. The van der Waals surface area contributed by atoms with Gasteiger partial charge in [0, 0.05) is 6.20 Å². The minimum absolute atomic E-state index is 0.209. The molecule has 0 aliphatic rings. The van der Waals surface area contributed by atoms with Gasteiger partial charge in [-0.3, -0.25) is 4.79 Å². The molecule has 1 heterocycles. The van der Waals surface area contributed by atoms with Crippen LogP contribution in [0.25, 0.3) is 0 Å². The van der Waals surface area contributed by atoms with Crippen molar-refractivity contribution >= 4 is 17.5 Å². The van der Waals surface area contributed by atoms with Crippen LogP contribution < -0.4 is 14.8 Å². The third-order valence-corrected chi connectivity index (χ3v) is 3.00. The van der Waals surface area contributed by atoms with Gasteiger partial charge in [-0.05, 0) is 43.3 Å². The van der Waals surface area contributed by atoms with E-state index in [1.54, 1.807) is 12.1 Å². The van der Waals surface area contributed by atoms with Crippen molar-refractivity contribution in [2.75, 3.05) is 19.8 Å². The summed E-state index contributed by atoms with van der Waals surface area (Å²) in [6.07, 6.45) is 1.44. The van der Waals surface area contributed by atoms with E-state index in [-0.39, 0.29) is 5.91 Å². The van der Waals surface area contributed by atoms with Gasteiger partial charge < -0.3 is 14.8 Å². The Morgan fingerprint density at radius 1 is 1.14 bits per heavy atom. The molecule has 2 aromatic rings. The molecule has 0 saturated carbocycles. The molecule has 1 aromatic carbocycles. The van der Waals surface area contributed by atoms with Crippen molar-refractivity contribution in [1.29, 1.82) is 0 Å². The second-order valence-electron chi connectivity index (χ2n) is 4.38. The summed E-state index contributed by atoms with van der Waals surface area (Å²) >= 11 is 5.67. The second kappa shape index (κ2) is 8.24. The molecule has 1 amide bonds. The average molecular weight is 321 g/mol. The fourth-order valence-corrected chi connectivity index (χ4v) is 1.86. The van der Waals surface area contributed by atoms with Gasteiger partial charge >= 0.3 is 0 Å². The van der Waals surface area contributed by atoms with Crippen LogP contribution in [-0.2, 0) is 0 Å². The maximum atomic E-state index is 11.8. The number of hydrogen-bond acceptors (Lipinski definition) is 4. The van der Waals surface area contributed by atoms with Crippen molar-refractivity contribution in [2.45, 2.75) is 6.92 Å². The first-order valence-electron chi connectivity index (χ1n) is 6.94. The molecule has 2 rings (SSSR count). The SMILES string of the molecule is CCOc1ccc(OCCNC(=O)c2ccc(Cl)nc2)cc1. The van der Waals surface area contributed by atoms with E-state index in [0.29, 0.717) is 30.5 Å². The highest BCUT2D eigenvalue weighted by atomic mass is 35.5. The summed E-state index contributed by atoms with van der Waals surface area (Å²) in [6.45, 7) is 3.34. The minimum atomic E-state index is -0.209. The highest BCUT2D eigenvalue weighted by molar-refractivity contribution is 6.29. The van der Waals surface area contributed by atoms with Crippen LogP contribution in [0.15, 0.2) is 42.6 Å². The molecule has 0 unspecified atom stereocenters. The van der Waals surface area contributed by atoms with Crippen molar-refractivity contribution in [3.63, 3.8) is 0 Å². The van der Waals surface area contributed by atoms with Crippen LogP contribution in [0.3, 0.4) is 0 Å². The Bertz CT molecular complexity index is 600. The lowest BCUT2D eigenvalue weighted by atomic mass is 10.3. The largest absolute Gasteiger partial charge is 0.494 e. The Kier molecular flexibility index (Phi) is 6.03. The molecule has 0 spiro atoms. The third kappa shape index (κ3) is 4.93. The van der Waals surface area contributed by atoms with Gasteiger partial charge in [-0.25, -0.2) is 4.98 Å². The fourth-order valence-electron chi connectivity index (χ4n) is 1.74. The first kappa shape index (κ1) is 16.1. The molecule has 0 aliphatic carbocycles. The number of nitrogens with one attached hydrogen (secondary N) is 1. The maximum absolute atomic E-state index is 11.8. The molecule has 22 heavy (non-hydrogen) atoms. The second-order valence-corrected chi connectivity index (χ2v) is 4.77.